The molecule has 1 aliphatic heterocycles. The molecule has 2 aromatic rings. The summed E-state index contributed by atoms with van der Waals surface area (Å²) in [5.41, 5.74) is 1.66. The van der Waals surface area contributed by atoms with Gasteiger partial charge in [-0.2, -0.15) is 0 Å². The van der Waals surface area contributed by atoms with Gasteiger partial charge >= 0.3 is 0 Å². The molecule has 0 bridgehead atoms. The Balaban J connectivity index is 1.93. The minimum atomic E-state index is -0.319. The Morgan fingerprint density at radius 1 is 1.15 bits per heavy atom. The Labute approximate surface area is 120 Å². The van der Waals surface area contributed by atoms with E-state index in [1.165, 1.54) is 11.2 Å². The van der Waals surface area contributed by atoms with E-state index in [-0.39, 0.29) is 11.1 Å². The summed E-state index contributed by atoms with van der Waals surface area (Å²) in [6, 6.07) is 10.7. The predicted molar refractivity (Wildman–Crippen MR) is 78.3 cm³/mol. The molecule has 3 rings (SSSR count). The molecule has 0 unspecified atom stereocenters. The third-order valence-electron chi connectivity index (χ3n) is 2.90. The van der Waals surface area contributed by atoms with Crippen LogP contribution in [0, 0.1) is 6.92 Å². The van der Waals surface area contributed by atoms with Gasteiger partial charge in [0.1, 0.15) is 5.76 Å². The van der Waals surface area contributed by atoms with Crippen LogP contribution in [0.3, 0.4) is 0 Å². The lowest BCUT2D eigenvalue weighted by atomic mass is 10.2. The fourth-order valence-corrected chi connectivity index (χ4v) is 2.71. The molecule has 1 aliphatic rings. The Kier molecular flexibility index (Phi) is 3.20. The van der Waals surface area contributed by atoms with Crippen molar-refractivity contribution in [3.8, 4) is 0 Å². The van der Waals surface area contributed by atoms with Crippen LogP contribution in [0.5, 0.6) is 0 Å². The zero-order valence-corrected chi connectivity index (χ0v) is 11.5. The number of amides is 2. The molecule has 1 fully saturated rings. The van der Waals surface area contributed by atoms with Crippen molar-refractivity contribution in [2.75, 3.05) is 4.90 Å². The van der Waals surface area contributed by atoms with Crippen LogP contribution in [-0.2, 0) is 4.79 Å². The monoisotopic (exact) mass is 285 g/mol. The number of hydrogen-bond acceptors (Lipinski definition) is 4. The number of benzene rings is 1. The van der Waals surface area contributed by atoms with Crippen LogP contribution in [0.2, 0.25) is 0 Å². The van der Waals surface area contributed by atoms with Gasteiger partial charge in [0, 0.05) is 6.08 Å². The summed E-state index contributed by atoms with van der Waals surface area (Å²) in [5, 5.41) is -0.295. The second kappa shape index (κ2) is 5.02. The van der Waals surface area contributed by atoms with E-state index in [4.69, 9.17) is 4.42 Å². The van der Waals surface area contributed by atoms with Gasteiger partial charge in [-0.3, -0.25) is 9.59 Å². The molecule has 0 radical (unpaired) electrons. The number of thioether (sulfide) groups is 1. The third kappa shape index (κ3) is 2.28. The number of nitrogens with zero attached hydrogens (tertiary/aromatic N) is 1. The molecule has 0 aliphatic carbocycles. The van der Waals surface area contributed by atoms with Gasteiger partial charge in [0.15, 0.2) is 0 Å². The molecule has 1 aromatic heterocycles. The molecule has 100 valence electrons. The number of imide groups is 1. The van der Waals surface area contributed by atoms with Gasteiger partial charge in [0.05, 0.1) is 16.9 Å². The maximum Gasteiger partial charge on any atom is 0.298 e. The summed E-state index contributed by atoms with van der Waals surface area (Å²) in [5.74, 6) is 0.236. The van der Waals surface area contributed by atoms with Crippen molar-refractivity contribution in [3.05, 3.63) is 58.9 Å². The standard InChI is InChI=1S/C15H11NO3S/c1-10-4-6-11(7-5-10)16-14(17)13(20-15(16)18)9-12-3-2-8-19-12/h2-9H,1H3/b13-9+. The van der Waals surface area contributed by atoms with Crippen LogP contribution in [0.15, 0.2) is 52.0 Å². The minimum Gasteiger partial charge on any atom is -0.465 e. The average Bonchev–Trinajstić information content (AvgIpc) is 3.02. The van der Waals surface area contributed by atoms with Gasteiger partial charge in [0.25, 0.3) is 11.1 Å². The van der Waals surface area contributed by atoms with E-state index in [1.54, 1.807) is 30.3 Å². The normalized spacial score (nSPS) is 17.2. The molecule has 0 N–H and O–H groups in total. The smallest absolute Gasteiger partial charge is 0.298 e. The summed E-state index contributed by atoms with van der Waals surface area (Å²) < 4.78 is 5.16. The summed E-state index contributed by atoms with van der Waals surface area (Å²) in [4.78, 5) is 25.9. The van der Waals surface area contributed by atoms with Gasteiger partial charge in [-0.15, -0.1) is 0 Å². The summed E-state index contributed by atoms with van der Waals surface area (Å²) >= 11 is 0.918. The van der Waals surface area contributed by atoms with E-state index in [1.807, 2.05) is 19.1 Å². The van der Waals surface area contributed by atoms with Crippen molar-refractivity contribution < 1.29 is 14.0 Å². The van der Waals surface area contributed by atoms with E-state index in [0.29, 0.717) is 16.4 Å². The minimum absolute atomic E-state index is 0.295. The van der Waals surface area contributed by atoms with Crippen molar-refractivity contribution >= 4 is 34.7 Å². The molecule has 0 spiro atoms. The van der Waals surface area contributed by atoms with Gasteiger partial charge in [-0.25, -0.2) is 4.90 Å². The molecule has 2 heterocycles. The largest absolute Gasteiger partial charge is 0.465 e. The molecule has 0 atom stereocenters. The second-order valence-electron chi connectivity index (χ2n) is 4.37. The molecule has 20 heavy (non-hydrogen) atoms. The van der Waals surface area contributed by atoms with Crippen molar-refractivity contribution in [1.82, 2.24) is 0 Å². The molecular weight excluding hydrogens is 274 g/mol. The number of aryl methyl sites for hydroxylation is 1. The van der Waals surface area contributed by atoms with Gasteiger partial charge in [-0.1, -0.05) is 17.7 Å². The maximum atomic E-state index is 12.3. The first kappa shape index (κ1) is 12.7. The first-order valence-corrected chi connectivity index (χ1v) is 6.85. The first-order valence-electron chi connectivity index (χ1n) is 6.03. The van der Waals surface area contributed by atoms with Crippen LogP contribution >= 0.6 is 11.8 Å². The van der Waals surface area contributed by atoms with Gasteiger partial charge < -0.3 is 4.42 Å². The van der Waals surface area contributed by atoms with Gasteiger partial charge in [-0.05, 0) is 43.0 Å². The predicted octanol–water partition coefficient (Wildman–Crippen LogP) is 3.83. The number of anilines is 1. The van der Waals surface area contributed by atoms with E-state index in [2.05, 4.69) is 0 Å². The first-order chi connectivity index (χ1) is 9.65. The number of rotatable bonds is 2. The van der Waals surface area contributed by atoms with Crippen molar-refractivity contribution in [3.63, 3.8) is 0 Å². The van der Waals surface area contributed by atoms with Crippen LogP contribution < -0.4 is 4.90 Å². The molecule has 0 saturated carbocycles. The zero-order valence-electron chi connectivity index (χ0n) is 10.7. The lowest BCUT2D eigenvalue weighted by molar-refractivity contribution is -0.113. The molecule has 2 amide bonds. The number of furan rings is 1. The van der Waals surface area contributed by atoms with Gasteiger partial charge in [0.2, 0.25) is 0 Å². The number of carbonyl (C=O) groups is 2. The molecule has 1 aromatic carbocycles. The number of carbonyl (C=O) groups excluding carboxylic acids is 2. The fraction of sp³-hybridized carbons (Fsp3) is 0.0667. The lowest BCUT2D eigenvalue weighted by Crippen LogP contribution is -2.27. The quantitative estimate of drug-likeness (QED) is 0.787. The lowest BCUT2D eigenvalue weighted by Gasteiger charge is -2.12. The highest BCUT2D eigenvalue weighted by atomic mass is 32.2. The topological polar surface area (TPSA) is 50.5 Å². The van der Waals surface area contributed by atoms with Crippen LogP contribution in [0.4, 0.5) is 10.5 Å². The van der Waals surface area contributed by atoms with E-state index < -0.39 is 0 Å². The Bertz CT molecular complexity index is 686. The third-order valence-corrected chi connectivity index (χ3v) is 3.77. The summed E-state index contributed by atoms with van der Waals surface area (Å²) in [6.07, 6.45) is 3.11. The molecule has 4 nitrogen and oxygen atoms in total. The summed E-state index contributed by atoms with van der Waals surface area (Å²) in [7, 11) is 0. The molecule has 1 saturated heterocycles. The highest BCUT2D eigenvalue weighted by Crippen LogP contribution is 2.35. The molecule has 5 heteroatoms. The van der Waals surface area contributed by atoms with Crippen molar-refractivity contribution in [2.45, 2.75) is 6.92 Å². The second-order valence-corrected chi connectivity index (χ2v) is 5.36. The Morgan fingerprint density at radius 3 is 2.55 bits per heavy atom. The van der Waals surface area contributed by atoms with Crippen LogP contribution in [-0.4, -0.2) is 11.1 Å². The van der Waals surface area contributed by atoms with Crippen molar-refractivity contribution in [2.24, 2.45) is 0 Å². The van der Waals surface area contributed by atoms with E-state index in [0.717, 1.165) is 17.3 Å². The van der Waals surface area contributed by atoms with E-state index >= 15 is 0 Å². The Hall–Kier alpha value is -2.27. The van der Waals surface area contributed by atoms with Crippen LogP contribution in [0.1, 0.15) is 11.3 Å². The highest BCUT2D eigenvalue weighted by Gasteiger charge is 2.36. The zero-order chi connectivity index (χ0) is 14.1. The average molecular weight is 285 g/mol. The Morgan fingerprint density at radius 2 is 1.90 bits per heavy atom. The fourth-order valence-electron chi connectivity index (χ4n) is 1.89. The number of hydrogen-bond donors (Lipinski definition) is 0. The van der Waals surface area contributed by atoms with E-state index in [9.17, 15) is 9.59 Å². The molecular formula is C15H11NO3S. The maximum absolute atomic E-state index is 12.3. The highest BCUT2D eigenvalue weighted by molar-refractivity contribution is 8.19. The summed E-state index contributed by atoms with van der Waals surface area (Å²) in [6.45, 7) is 1.95. The van der Waals surface area contributed by atoms with Crippen LogP contribution in [0.25, 0.3) is 6.08 Å². The van der Waals surface area contributed by atoms with Crippen molar-refractivity contribution in [1.29, 1.82) is 0 Å². The SMILES string of the molecule is Cc1ccc(N2C(=O)S/C(=C/c3ccco3)C2=O)cc1.